The molecular weight excluding hydrogens is 214 g/mol. The van der Waals surface area contributed by atoms with E-state index in [1.807, 2.05) is 12.4 Å². The predicted molar refractivity (Wildman–Crippen MR) is 71.3 cm³/mol. The van der Waals surface area contributed by atoms with Gasteiger partial charge in [-0.15, -0.1) is 0 Å². The van der Waals surface area contributed by atoms with Gasteiger partial charge in [0.25, 0.3) is 0 Å². The van der Waals surface area contributed by atoms with Gasteiger partial charge in [0.1, 0.15) is 0 Å². The van der Waals surface area contributed by atoms with Crippen molar-refractivity contribution in [3.8, 4) is 0 Å². The number of aryl methyl sites for hydroxylation is 2. The number of hydrogen-bond acceptors (Lipinski definition) is 2. The van der Waals surface area contributed by atoms with Gasteiger partial charge in [0.2, 0.25) is 0 Å². The van der Waals surface area contributed by atoms with Gasteiger partial charge in [-0.1, -0.05) is 13.8 Å². The SMILES string of the molecule is CCCNC(CC)CCCn1ccn(C)c1=O. The van der Waals surface area contributed by atoms with Crippen molar-refractivity contribution in [1.82, 2.24) is 14.5 Å². The molecule has 1 aromatic heterocycles. The third-order valence-corrected chi connectivity index (χ3v) is 3.15. The molecule has 1 atom stereocenters. The summed E-state index contributed by atoms with van der Waals surface area (Å²) in [6.07, 6.45) is 8.20. The van der Waals surface area contributed by atoms with Crippen molar-refractivity contribution in [3.05, 3.63) is 22.9 Å². The number of aromatic nitrogens is 2. The Morgan fingerprint density at radius 1 is 1.35 bits per heavy atom. The van der Waals surface area contributed by atoms with Crippen LogP contribution in [0.5, 0.6) is 0 Å². The Balaban J connectivity index is 2.31. The summed E-state index contributed by atoms with van der Waals surface area (Å²) in [5, 5.41) is 3.53. The molecule has 4 heteroatoms. The van der Waals surface area contributed by atoms with Gasteiger partial charge in [0, 0.05) is 32.0 Å². The minimum Gasteiger partial charge on any atom is -0.314 e. The van der Waals surface area contributed by atoms with E-state index in [9.17, 15) is 4.79 Å². The molecule has 0 radical (unpaired) electrons. The van der Waals surface area contributed by atoms with Crippen molar-refractivity contribution in [2.24, 2.45) is 7.05 Å². The molecule has 1 aromatic rings. The van der Waals surface area contributed by atoms with Gasteiger partial charge >= 0.3 is 5.69 Å². The van der Waals surface area contributed by atoms with E-state index in [2.05, 4.69) is 19.2 Å². The summed E-state index contributed by atoms with van der Waals surface area (Å²) < 4.78 is 3.40. The zero-order valence-corrected chi connectivity index (χ0v) is 11.3. The van der Waals surface area contributed by atoms with Crippen LogP contribution >= 0.6 is 0 Å². The Labute approximate surface area is 104 Å². The van der Waals surface area contributed by atoms with E-state index in [1.165, 1.54) is 6.42 Å². The van der Waals surface area contributed by atoms with E-state index >= 15 is 0 Å². The lowest BCUT2D eigenvalue weighted by atomic mass is 10.1. The first-order valence-corrected chi connectivity index (χ1v) is 6.64. The molecule has 1 rings (SSSR count). The average Bonchev–Trinajstić information content (AvgIpc) is 2.65. The Hall–Kier alpha value is -1.03. The standard InChI is InChI=1S/C13H25N3O/c1-4-8-14-12(5-2)7-6-9-16-11-10-15(3)13(16)17/h10-12,14H,4-9H2,1-3H3. The summed E-state index contributed by atoms with van der Waals surface area (Å²) in [5.41, 5.74) is 0.0829. The van der Waals surface area contributed by atoms with Crippen molar-refractivity contribution in [1.29, 1.82) is 0 Å². The molecule has 1 heterocycles. The Morgan fingerprint density at radius 3 is 2.65 bits per heavy atom. The molecule has 0 aliphatic carbocycles. The number of nitrogens with zero attached hydrogens (tertiary/aromatic N) is 2. The zero-order valence-electron chi connectivity index (χ0n) is 11.3. The fourth-order valence-corrected chi connectivity index (χ4v) is 1.99. The summed E-state index contributed by atoms with van der Waals surface area (Å²) in [6, 6.07) is 0.592. The molecule has 0 aliphatic heterocycles. The first-order valence-electron chi connectivity index (χ1n) is 6.64. The summed E-state index contributed by atoms with van der Waals surface area (Å²) in [5.74, 6) is 0. The normalized spacial score (nSPS) is 12.9. The van der Waals surface area contributed by atoms with Gasteiger partial charge in [-0.2, -0.15) is 0 Å². The average molecular weight is 239 g/mol. The van der Waals surface area contributed by atoms with Crippen molar-refractivity contribution in [2.75, 3.05) is 6.54 Å². The highest BCUT2D eigenvalue weighted by molar-refractivity contribution is 4.79. The maximum absolute atomic E-state index is 11.6. The van der Waals surface area contributed by atoms with Gasteiger partial charge in [-0.3, -0.25) is 4.57 Å². The van der Waals surface area contributed by atoms with Gasteiger partial charge in [0.15, 0.2) is 0 Å². The molecule has 0 amide bonds. The third kappa shape index (κ3) is 4.38. The fourth-order valence-electron chi connectivity index (χ4n) is 1.99. The largest absolute Gasteiger partial charge is 0.327 e. The van der Waals surface area contributed by atoms with Crippen LogP contribution in [0.2, 0.25) is 0 Å². The maximum atomic E-state index is 11.6. The van der Waals surface area contributed by atoms with Crippen molar-refractivity contribution < 1.29 is 0 Å². The molecule has 4 nitrogen and oxygen atoms in total. The number of nitrogens with one attached hydrogen (secondary N) is 1. The molecule has 17 heavy (non-hydrogen) atoms. The number of rotatable bonds is 8. The molecule has 0 saturated heterocycles. The molecule has 0 aliphatic rings. The topological polar surface area (TPSA) is 39.0 Å². The van der Waals surface area contributed by atoms with Gasteiger partial charge < -0.3 is 9.88 Å². The molecule has 0 aromatic carbocycles. The first-order chi connectivity index (χ1) is 8.19. The van der Waals surface area contributed by atoms with Crippen LogP contribution < -0.4 is 11.0 Å². The summed E-state index contributed by atoms with van der Waals surface area (Å²) >= 11 is 0. The quantitative estimate of drug-likeness (QED) is 0.750. The highest BCUT2D eigenvalue weighted by atomic mass is 16.1. The smallest absolute Gasteiger partial charge is 0.314 e. The van der Waals surface area contributed by atoms with Gasteiger partial charge in [0.05, 0.1) is 0 Å². The minimum absolute atomic E-state index is 0.0829. The second-order valence-electron chi connectivity index (χ2n) is 4.59. The fraction of sp³-hybridized carbons (Fsp3) is 0.769. The second kappa shape index (κ2) is 7.33. The van der Waals surface area contributed by atoms with Gasteiger partial charge in [-0.05, 0) is 32.2 Å². The van der Waals surface area contributed by atoms with Crippen molar-refractivity contribution >= 4 is 0 Å². The van der Waals surface area contributed by atoms with Gasteiger partial charge in [-0.25, -0.2) is 4.79 Å². The lowest BCUT2D eigenvalue weighted by Gasteiger charge is -2.16. The molecule has 98 valence electrons. The minimum atomic E-state index is 0.0829. The molecule has 0 bridgehead atoms. The van der Waals surface area contributed by atoms with Crippen LogP contribution in [0.25, 0.3) is 0 Å². The van der Waals surface area contributed by atoms with E-state index < -0.39 is 0 Å². The predicted octanol–water partition coefficient (Wildman–Crippen LogP) is 1.75. The highest BCUT2D eigenvalue weighted by Crippen LogP contribution is 2.03. The first kappa shape index (κ1) is 14.0. The van der Waals surface area contributed by atoms with E-state index in [0.29, 0.717) is 6.04 Å². The second-order valence-corrected chi connectivity index (χ2v) is 4.59. The summed E-state index contributed by atoms with van der Waals surface area (Å²) in [6.45, 7) is 6.30. The van der Waals surface area contributed by atoms with Crippen LogP contribution in [0.3, 0.4) is 0 Å². The molecule has 0 fully saturated rings. The highest BCUT2D eigenvalue weighted by Gasteiger charge is 2.05. The lowest BCUT2D eigenvalue weighted by Crippen LogP contribution is -2.29. The lowest BCUT2D eigenvalue weighted by molar-refractivity contribution is 0.437. The van der Waals surface area contributed by atoms with E-state index in [-0.39, 0.29) is 5.69 Å². The van der Waals surface area contributed by atoms with E-state index in [1.54, 1.807) is 16.2 Å². The number of hydrogen-bond donors (Lipinski definition) is 1. The van der Waals surface area contributed by atoms with E-state index in [4.69, 9.17) is 0 Å². The molecular formula is C13H25N3O. The molecule has 0 spiro atoms. The van der Waals surface area contributed by atoms with E-state index in [0.717, 1.165) is 32.4 Å². The van der Waals surface area contributed by atoms with Crippen molar-refractivity contribution in [3.63, 3.8) is 0 Å². The third-order valence-electron chi connectivity index (χ3n) is 3.15. The Bertz CT molecular complexity index is 367. The Kier molecular flexibility index (Phi) is 6.05. The molecule has 0 saturated carbocycles. The number of imidazole rings is 1. The van der Waals surface area contributed by atoms with Crippen LogP contribution in [0.4, 0.5) is 0 Å². The van der Waals surface area contributed by atoms with Crippen molar-refractivity contribution in [2.45, 2.75) is 52.1 Å². The van der Waals surface area contributed by atoms with Crippen LogP contribution in [-0.4, -0.2) is 21.7 Å². The van der Waals surface area contributed by atoms with Crippen LogP contribution in [0, 0.1) is 0 Å². The maximum Gasteiger partial charge on any atom is 0.327 e. The van der Waals surface area contributed by atoms with Crippen LogP contribution in [0.1, 0.15) is 39.5 Å². The van der Waals surface area contributed by atoms with Crippen LogP contribution in [0.15, 0.2) is 17.2 Å². The van der Waals surface area contributed by atoms with Crippen LogP contribution in [-0.2, 0) is 13.6 Å². The summed E-state index contributed by atoms with van der Waals surface area (Å²) in [7, 11) is 1.79. The molecule has 1 unspecified atom stereocenters. The Morgan fingerprint density at radius 2 is 2.12 bits per heavy atom. The summed E-state index contributed by atoms with van der Waals surface area (Å²) in [4.78, 5) is 11.6. The monoisotopic (exact) mass is 239 g/mol. The zero-order chi connectivity index (χ0) is 12.7. The molecule has 1 N–H and O–H groups in total.